The number of pyridine rings is 1. The maximum absolute atomic E-state index is 10.6. The van der Waals surface area contributed by atoms with E-state index in [4.69, 9.17) is 10.5 Å². The lowest BCUT2D eigenvalue weighted by Gasteiger charge is -2.40. The van der Waals surface area contributed by atoms with Crippen molar-refractivity contribution in [2.24, 2.45) is 11.1 Å². The third-order valence-corrected chi connectivity index (χ3v) is 3.85. The molecule has 0 radical (unpaired) electrons. The Balaban J connectivity index is 2.28. The van der Waals surface area contributed by atoms with Crippen molar-refractivity contribution < 1.29 is 9.84 Å². The van der Waals surface area contributed by atoms with Crippen LogP contribution in [-0.4, -0.2) is 29.8 Å². The molecule has 0 saturated carbocycles. The zero-order chi connectivity index (χ0) is 12.3. The van der Waals surface area contributed by atoms with Crippen LogP contribution in [0.1, 0.15) is 30.1 Å². The van der Waals surface area contributed by atoms with Crippen molar-refractivity contribution in [1.82, 2.24) is 4.98 Å². The number of hydrogen-bond donors (Lipinski definition) is 2. The summed E-state index contributed by atoms with van der Waals surface area (Å²) in [5, 5.41) is 10.6. The van der Waals surface area contributed by atoms with E-state index in [2.05, 4.69) is 4.98 Å². The highest BCUT2D eigenvalue weighted by Gasteiger charge is 2.39. The van der Waals surface area contributed by atoms with Gasteiger partial charge in [-0.05, 0) is 31.4 Å². The normalized spacial score (nSPS) is 21.1. The van der Waals surface area contributed by atoms with Crippen LogP contribution in [0.5, 0.6) is 0 Å². The topological polar surface area (TPSA) is 68.4 Å². The van der Waals surface area contributed by atoms with Crippen molar-refractivity contribution in [3.05, 3.63) is 29.6 Å². The quantitative estimate of drug-likeness (QED) is 0.827. The molecule has 1 aliphatic heterocycles. The minimum Gasteiger partial charge on any atom is -0.388 e. The van der Waals surface area contributed by atoms with Crippen LogP contribution in [0.15, 0.2) is 18.5 Å². The van der Waals surface area contributed by atoms with Gasteiger partial charge in [-0.3, -0.25) is 4.98 Å². The Morgan fingerprint density at radius 1 is 1.53 bits per heavy atom. The van der Waals surface area contributed by atoms with Crippen LogP contribution in [0.25, 0.3) is 0 Å². The van der Waals surface area contributed by atoms with Gasteiger partial charge in [0.25, 0.3) is 0 Å². The summed E-state index contributed by atoms with van der Waals surface area (Å²) in [7, 11) is 0. The summed E-state index contributed by atoms with van der Waals surface area (Å²) >= 11 is 0. The molecule has 3 N–H and O–H groups in total. The van der Waals surface area contributed by atoms with Crippen molar-refractivity contribution in [2.45, 2.75) is 25.9 Å². The Morgan fingerprint density at radius 3 is 2.82 bits per heavy atom. The lowest BCUT2D eigenvalue weighted by Crippen LogP contribution is -2.41. The highest BCUT2D eigenvalue weighted by Crippen LogP contribution is 2.42. The van der Waals surface area contributed by atoms with Gasteiger partial charge in [0.2, 0.25) is 0 Å². The summed E-state index contributed by atoms with van der Waals surface area (Å²) in [6.45, 7) is 3.82. The predicted octanol–water partition coefficient (Wildman–Crippen LogP) is 1.18. The highest BCUT2D eigenvalue weighted by atomic mass is 16.5. The van der Waals surface area contributed by atoms with Crippen LogP contribution in [0.2, 0.25) is 0 Å². The van der Waals surface area contributed by atoms with E-state index in [0.29, 0.717) is 19.8 Å². The van der Waals surface area contributed by atoms with Gasteiger partial charge in [0, 0.05) is 43.1 Å². The third-order valence-electron chi connectivity index (χ3n) is 3.85. The fourth-order valence-electron chi connectivity index (χ4n) is 2.46. The van der Waals surface area contributed by atoms with Crippen LogP contribution >= 0.6 is 0 Å². The predicted molar refractivity (Wildman–Crippen MR) is 65.5 cm³/mol. The SMILES string of the molecule is Cc1ccncc1C(O)C1(CN)CCOCC1. The Labute approximate surface area is 102 Å². The zero-order valence-electron chi connectivity index (χ0n) is 10.2. The molecule has 1 fully saturated rings. The van der Waals surface area contributed by atoms with E-state index in [0.717, 1.165) is 24.0 Å². The number of aryl methyl sites for hydroxylation is 1. The smallest absolute Gasteiger partial charge is 0.0877 e. The molecule has 0 aliphatic carbocycles. The first-order valence-electron chi connectivity index (χ1n) is 6.06. The molecule has 1 unspecified atom stereocenters. The Hall–Kier alpha value is -0.970. The van der Waals surface area contributed by atoms with Crippen molar-refractivity contribution in [3.63, 3.8) is 0 Å². The lowest BCUT2D eigenvalue weighted by molar-refractivity contribution is -0.0584. The van der Waals surface area contributed by atoms with Crippen LogP contribution in [0, 0.1) is 12.3 Å². The summed E-state index contributed by atoms with van der Waals surface area (Å²) in [6.07, 6.45) is 4.54. The van der Waals surface area contributed by atoms with Gasteiger partial charge in [0.15, 0.2) is 0 Å². The molecule has 17 heavy (non-hydrogen) atoms. The highest BCUT2D eigenvalue weighted by molar-refractivity contribution is 5.26. The Bertz CT molecular complexity index is 375. The molecule has 1 atom stereocenters. The molecule has 2 heterocycles. The van der Waals surface area contributed by atoms with E-state index in [1.54, 1.807) is 12.4 Å². The molecular weight excluding hydrogens is 216 g/mol. The second kappa shape index (κ2) is 5.12. The first-order chi connectivity index (χ1) is 8.19. The van der Waals surface area contributed by atoms with Crippen molar-refractivity contribution in [3.8, 4) is 0 Å². The number of nitrogens with zero attached hydrogens (tertiary/aromatic N) is 1. The van der Waals surface area contributed by atoms with Gasteiger partial charge in [0.1, 0.15) is 0 Å². The number of rotatable bonds is 3. The van der Waals surface area contributed by atoms with Crippen LogP contribution in [-0.2, 0) is 4.74 Å². The average molecular weight is 236 g/mol. The van der Waals surface area contributed by atoms with Gasteiger partial charge in [-0.2, -0.15) is 0 Å². The molecule has 4 nitrogen and oxygen atoms in total. The number of aliphatic hydroxyl groups is 1. The number of aliphatic hydroxyl groups excluding tert-OH is 1. The number of nitrogens with two attached hydrogens (primary N) is 1. The second-order valence-electron chi connectivity index (χ2n) is 4.81. The lowest BCUT2D eigenvalue weighted by atomic mass is 9.72. The summed E-state index contributed by atoms with van der Waals surface area (Å²) in [6, 6.07) is 1.92. The zero-order valence-corrected chi connectivity index (χ0v) is 10.2. The first kappa shape index (κ1) is 12.5. The molecule has 1 saturated heterocycles. The van der Waals surface area contributed by atoms with Crippen molar-refractivity contribution in [1.29, 1.82) is 0 Å². The third kappa shape index (κ3) is 2.34. The molecule has 94 valence electrons. The van der Waals surface area contributed by atoms with E-state index >= 15 is 0 Å². The van der Waals surface area contributed by atoms with Crippen LogP contribution in [0.3, 0.4) is 0 Å². The summed E-state index contributed by atoms with van der Waals surface area (Å²) < 4.78 is 5.36. The fourth-order valence-corrected chi connectivity index (χ4v) is 2.46. The maximum atomic E-state index is 10.6. The number of ether oxygens (including phenoxy) is 1. The van der Waals surface area contributed by atoms with E-state index < -0.39 is 6.10 Å². The molecule has 0 bridgehead atoms. The average Bonchev–Trinajstić information content (AvgIpc) is 2.39. The molecule has 1 aliphatic rings. The van der Waals surface area contributed by atoms with Crippen LogP contribution in [0.4, 0.5) is 0 Å². The minimum absolute atomic E-state index is 0.258. The Kier molecular flexibility index (Phi) is 3.76. The van der Waals surface area contributed by atoms with E-state index in [1.807, 2.05) is 13.0 Å². The van der Waals surface area contributed by atoms with Gasteiger partial charge in [0.05, 0.1) is 6.10 Å². The molecule has 4 heteroatoms. The van der Waals surface area contributed by atoms with E-state index in [1.165, 1.54) is 0 Å². The fraction of sp³-hybridized carbons (Fsp3) is 0.615. The van der Waals surface area contributed by atoms with Gasteiger partial charge in [-0.15, -0.1) is 0 Å². The van der Waals surface area contributed by atoms with Crippen molar-refractivity contribution >= 4 is 0 Å². The summed E-state index contributed by atoms with van der Waals surface area (Å²) in [5.41, 5.74) is 7.58. The molecule has 2 rings (SSSR count). The summed E-state index contributed by atoms with van der Waals surface area (Å²) in [4.78, 5) is 4.09. The number of hydrogen-bond acceptors (Lipinski definition) is 4. The minimum atomic E-state index is -0.551. The van der Waals surface area contributed by atoms with Crippen molar-refractivity contribution in [2.75, 3.05) is 19.8 Å². The van der Waals surface area contributed by atoms with E-state index in [-0.39, 0.29) is 5.41 Å². The molecule has 0 spiro atoms. The second-order valence-corrected chi connectivity index (χ2v) is 4.81. The number of aromatic nitrogens is 1. The maximum Gasteiger partial charge on any atom is 0.0877 e. The molecule has 0 aromatic carbocycles. The molecular formula is C13H20N2O2. The molecule has 1 aromatic heterocycles. The largest absolute Gasteiger partial charge is 0.388 e. The monoisotopic (exact) mass is 236 g/mol. The van der Waals surface area contributed by atoms with E-state index in [9.17, 15) is 5.11 Å². The summed E-state index contributed by atoms with van der Waals surface area (Å²) in [5.74, 6) is 0. The standard InChI is InChI=1S/C13H20N2O2/c1-10-2-5-15-8-11(10)12(16)13(9-14)3-6-17-7-4-13/h2,5,8,12,16H,3-4,6-7,9,14H2,1H3. The van der Waals surface area contributed by atoms with Gasteiger partial charge >= 0.3 is 0 Å². The van der Waals surface area contributed by atoms with Gasteiger partial charge in [-0.1, -0.05) is 0 Å². The van der Waals surface area contributed by atoms with Gasteiger partial charge < -0.3 is 15.6 Å². The Morgan fingerprint density at radius 2 is 2.24 bits per heavy atom. The molecule has 1 aromatic rings. The first-order valence-corrected chi connectivity index (χ1v) is 6.06. The molecule has 0 amide bonds. The van der Waals surface area contributed by atoms with Crippen LogP contribution < -0.4 is 5.73 Å². The van der Waals surface area contributed by atoms with Gasteiger partial charge in [-0.25, -0.2) is 0 Å².